The van der Waals surface area contributed by atoms with Crippen LogP contribution in [-0.2, 0) is 9.53 Å². The molecule has 112 valence electrons. The molecule has 0 saturated carbocycles. The molecule has 0 aliphatic rings. The highest BCUT2D eigenvalue weighted by Crippen LogP contribution is 2.33. The number of hydrogen-bond donors (Lipinski definition) is 2. The third-order valence-electron chi connectivity index (χ3n) is 3.35. The highest BCUT2D eigenvalue weighted by atomic mass is 32.1. The summed E-state index contributed by atoms with van der Waals surface area (Å²) < 4.78 is 5.04. The monoisotopic (exact) mass is 298 g/mol. The van der Waals surface area contributed by atoms with Gasteiger partial charge in [0.05, 0.1) is 17.7 Å². The minimum absolute atomic E-state index is 0.296. The molecule has 1 atom stereocenters. The lowest BCUT2D eigenvalue weighted by molar-refractivity contribution is -0.120. The maximum Gasteiger partial charge on any atom is 0.341 e. The number of esters is 1. The van der Waals surface area contributed by atoms with Gasteiger partial charge >= 0.3 is 5.97 Å². The van der Waals surface area contributed by atoms with E-state index in [0.717, 1.165) is 10.4 Å². The Morgan fingerprint density at radius 1 is 1.35 bits per heavy atom. The summed E-state index contributed by atoms with van der Waals surface area (Å²) in [5.74, 6) is -0.716. The van der Waals surface area contributed by atoms with Gasteiger partial charge in [-0.15, -0.1) is 11.3 Å². The van der Waals surface area contributed by atoms with Gasteiger partial charge in [0.1, 0.15) is 5.00 Å². The van der Waals surface area contributed by atoms with Crippen LogP contribution < -0.4 is 11.1 Å². The van der Waals surface area contributed by atoms with Gasteiger partial charge in [0.2, 0.25) is 5.91 Å². The summed E-state index contributed by atoms with van der Waals surface area (Å²) in [6, 6.07) is 0. The SMILES string of the molecule is CCOC(=O)c1c(NC(=O)C(C)(N)CC)sc(C)c1C. The fraction of sp³-hybridized carbons (Fsp3) is 0.571. The minimum Gasteiger partial charge on any atom is -0.462 e. The quantitative estimate of drug-likeness (QED) is 0.819. The van der Waals surface area contributed by atoms with Crippen LogP contribution in [0.4, 0.5) is 5.00 Å². The van der Waals surface area contributed by atoms with Crippen molar-refractivity contribution >= 4 is 28.2 Å². The molecule has 0 aliphatic carbocycles. The van der Waals surface area contributed by atoms with Crippen molar-refractivity contribution in [1.29, 1.82) is 0 Å². The van der Waals surface area contributed by atoms with Crippen molar-refractivity contribution in [2.24, 2.45) is 5.73 Å². The Kier molecular flexibility index (Phi) is 5.30. The maximum absolute atomic E-state index is 12.1. The molecule has 6 heteroatoms. The number of carbonyl (C=O) groups is 2. The average Bonchev–Trinajstić information content (AvgIpc) is 2.65. The number of aryl methyl sites for hydroxylation is 1. The molecule has 3 N–H and O–H groups in total. The van der Waals surface area contributed by atoms with Gasteiger partial charge in [0.15, 0.2) is 0 Å². The van der Waals surface area contributed by atoms with Crippen LogP contribution in [0.1, 0.15) is 48.0 Å². The van der Waals surface area contributed by atoms with Crippen LogP contribution in [0.25, 0.3) is 0 Å². The van der Waals surface area contributed by atoms with Crippen LogP contribution >= 0.6 is 11.3 Å². The van der Waals surface area contributed by atoms with E-state index in [2.05, 4.69) is 5.32 Å². The van der Waals surface area contributed by atoms with Gasteiger partial charge in [0.25, 0.3) is 0 Å². The molecule has 1 aromatic heterocycles. The van der Waals surface area contributed by atoms with Gasteiger partial charge in [-0.3, -0.25) is 4.79 Å². The van der Waals surface area contributed by atoms with Crippen molar-refractivity contribution in [1.82, 2.24) is 0 Å². The summed E-state index contributed by atoms with van der Waals surface area (Å²) in [7, 11) is 0. The molecule has 1 unspecified atom stereocenters. The molecule has 1 amide bonds. The van der Waals surface area contributed by atoms with E-state index in [1.165, 1.54) is 11.3 Å². The summed E-state index contributed by atoms with van der Waals surface area (Å²) in [6.07, 6.45) is 0.511. The largest absolute Gasteiger partial charge is 0.462 e. The van der Waals surface area contributed by atoms with Gasteiger partial charge in [-0.2, -0.15) is 0 Å². The lowest BCUT2D eigenvalue weighted by atomic mass is 9.99. The predicted octanol–water partition coefficient (Wildman–Crippen LogP) is 2.61. The van der Waals surface area contributed by atoms with Gasteiger partial charge in [-0.25, -0.2) is 4.79 Å². The first-order valence-electron chi connectivity index (χ1n) is 6.62. The molecular weight excluding hydrogens is 276 g/mol. The minimum atomic E-state index is -0.961. The third-order valence-corrected chi connectivity index (χ3v) is 4.47. The Labute approximate surface area is 123 Å². The molecule has 1 heterocycles. The number of ether oxygens (including phenoxy) is 1. The van der Waals surface area contributed by atoms with Crippen LogP contribution in [0.15, 0.2) is 0 Å². The smallest absolute Gasteiger partial charge is 0.341 e. The first-order chi connectivity index (χ1) is 9.24. The average molecular weight is 298 g/mol. The normalized spacial score (nSPS) is 13.7. The van der Waals surface area contributed by atoms with E-state index < -0.39 is 11.5 Å². The molecule has 5 nitrogen and oxygen atoms in total. The second-order valence-corrected chi connectivity index (χ2v) is 6.16. The topological polar surface area (TPSA) is 81.4 Å². The zero-order valence-corrected chi connectivity index (χ0v) is 13.4. The van der Waals surface area contributed by atoms with Gasteiger partial charge in [-0.1, -0.05) is 6.92 Å². The van der Waals surface area contributed by atoms with E-state index in [1.54, 1.807) is 13.8 Å². The zero-order chi connectivity index (χ0) is 15.5. The van der Waals surface area contributed by atoms with E-state index in [-0.39, 0.29) is 5.91 Å². The van der Waals surface area contributed by atoms with Crippen LogP contribution in [-0.4, -0.2) is 24.0 Å². The molecule has 0 aliphatic heterocycles. The van der Waals surface area contributed by atoms with Crippen molar-refractivity contribution in [3.63, 3.8) is 0 Å². The van der Waals surface area contributed by atoms with Crippen LogP contribution in [0.5, 0.6) is 0 Å². The fourth-order valence-electron chi connectivity index (χ4n) is 1.57. The number of anilines is 1. The number of carbonyl (C=O) groups excluding carboxylic acids is 2. The number of thiophene rings is 1. The molecule has 0 fully saturated rings. The summed E-state index contributed by atoms with van der Waals surface area (Å²) in [6.45, 7) is 9.30. The van der Waals surface area contributed by atoms with Crippen LogP contribution in [0.2, 0.25) is 0 Å². The Balaban J connectivity index is 3.10. The predicted molar refractivity (Wildman–Crippen MR) is 81.3 cm³/mol. The second kappa shape index (κ2) is 6.37. The Morgan fingerprint density at radius 3 is 2.45 bits per heavy atom. The van der Waals surface area contributed by atoms with Crippen LogP contribution in [0.3, 0.4) is 0 Å². The van der Waals surface area contributed by atoms with E-state index in [4.69, 9.17) is 10.5 Å². The van der Waals surface area contributed by atoms with Crippen molar-refractivity contribution in [3.05, 3.63) is 16.0 Å². The Morgan fingerprint density at radius 2 is 1.95 bits per heavy atom. The van der Waals surface area contributed by atoms with Crippen molar-refractivity contribution in [2.45, 2.75) is 46.6 Å². The molecule has 0 saturated heterocycles. The van der Waals surface area contributed by atoms with E-state index >= 15 is 0 Å². The first-order valence-corrected chi connectivity index (χ1v) is 7.43. The van der Waals surface area contributed by atoms with Crippen molar-refractivity contribution in [2.75, 3.05) is 11.9 Å². The fourth-order valence-corrected chi connectivity index (χ4v) is 2.61. The lowest BCUT2D eigenvalue weighted by Gasteiger charge is -2.21. The summed E-state index contributed by atoms with van der Waals surface area (Å²) in [5, 5.41) is 3.26. The van der Waals surface area contributed by atoms with Gasteiger partial charge in [0, 0.05) is 4.88 Å². The standard InChI is InChI=1S/C14H22N2O3S/c1-6-14(5,15)13(18)16-11-10(12(17)19-7-2)8(3)9(4)20-11/h6-7,15H2,1-5H3,(H,16,18). The van der Waals surface area contributed by atoms with E-state index in [9.17, 15) is 9.59 Å². The number of nitrogens with two attached hydrogens (primary N) is 1. The highest BCUT2D eigenvalue weighted by Gasteiger charge is 2.29. The Hall–Kier alpha value is -1.40. The van der Waals surface area contributed by atoms with Gasteiger partial charge < -0.3 is 15.8 Å². The second-order valence-electron chi connectivity index (χ2n) is 4.93. The number of hydrogen-bond acceptors (Lipinski definition) is 5. The molecule has 1 rings (SSSR count). The summed E-state index contributed by atoms with van der Waals surface area (Å²) in [4.78, 5) is 25.1. The molecule has 0 aromatic carbocycles. The molecular formula is C14H22N2O3S. The molecule has 0 bridgehead atoms. The Bertz CT molecular complexity index is 521. The first kappa shape index (κ1) is 16.7. The third kappa shape index (κ3) is 3.37. The van der Waals surface area contributed by atoms with E-state index in [1.807, 2.05) is 20.8 Å². The molecule has 0 radical (unpaired) electrons. The van der Waals surface area contributed by atoms with Gasteiger partial charge in [-0.05, 0) is 39.7 Å². The van der Waals surface area contributed by atoms with E-state index in [0.29, 0.717) is 23.6 Å². The van der Waals surface area contributed by atoms with Crippen molar-refractivity contribution < 1.29 is 14.3 Å². The zero-order valence-electron chi connectivity index (χ0n) is 12.6. The molecule has 1 aromatic rings. The summed E-state index contributed by atoms with van der Waals surface area (Å²) in [5.41, 5.74) is 6.21. The number of amides is 1. The van der Waals surface area contributed by atoms with Crippen LogP contribution in [0, 0.1) is 13.8 Å². The number of nitrogens with one attached hydrogen (secondary N) is 1. The maximum atomic E-state index is 12.1. The lowest BCUT2D eigenvalue weighted by Crippen LogP contribution is -2.47. The number of rotatable bonds is 5. The van der Waals surface area contributed by atoms with Crippen molar-refractivity contribution in [3.8, 4) is 0 Å². The summed E-state index contributed by atoms with van der Waals surface area (Å²) >= 11 is 1.36. The highest BCUT2D eigenvalue weighted by molar-refractivity contribution is 7.16. The molecule has 0 spiro atoms. The molecule has 20 heavy (non-hydrogen) atoms.